The first-order valence-electron chi connectivity index (χ1n) is 6.03. The van der Waals surface area contributed by atoms with Crippen LogP contribution in [0.25, 0.3) is 10.9 Å². The van der Waals surface area contributed by atoms with Crippen LogP contribution in [0.1, 0.15) is 6.92 Å². The van der Waals surface area contributed by atoms with Gasteiger partial charge in [-0.3, -0.25) is 0 Å². The van der Waals surface area contributed by atoms with Crippen molar-refractivity contribution in [3.8, 4) is 0 Å². The Balaban J connectivity index is 1.94. The molecular formula is C13H16N4. The summed E-state index contributed by atoms with van der Waals surface area (Å²) >= 11 is 0. The lowest BCUT2D eigenvalue weighted by atomic mass is 10.2. The van der Waals surface area contributed by atoms with Gasteiger partial charge in [-0.2, -0.15) is 0 Å². The zero-order valence-electron chi connectivity index (χ0n) is 9.93. The van der Waals surface area contributed by atoms with E-state index < -0.39 is 0 Å². The van der Waals surface area contributed by atoms with Crippen molar-refractivity contribution in [1.29, 1.82) is 0 Å². The van der Waals surface area contributed by atoms with Crippen molar-refractivity contribution >= 4 is 16.9 Å². The van der Waals surface area contributed by atoms with E-state index >= 15 is 0 Å². The predicted molar refractivity (Wildman–Crippen MR) is 69.2 cm³/mol. The number of benzene rings is 1. The number of rotatable bonds is 1. The number of hydrogen-bond donors (Lipinski definition) is 1. The molecule has 0 spiro atoms. The topological polar surface area (TPSA) is 41.1 Å². The molecule has 1 fully saturated rings. The number of aromatic nitrogens is 2. The fourth-order valence-electron chi connectivity index (χ4n) is 2.23. The van der Waals surface area contributed by atoms with E-state index in [-0.39, 0.29) is 0 Å². The number of hydrogen-bond acceptors (Lipinski definition) is 4. The Bertz CT molecular complexity index is 526. The zero-order chi connectivity index (χ0) is 11.7. The van der Waals surface area contributed by atoms with E-state index in [9.17, 15) is 0 Å². The van der Waals surface area contributed by atoms with Crippen molar-refractivity contribution in [3.63, 3.8) is 0 Å². The molecule has 0 radical (unpaired) electrons. The van der Waals surface area contributed by atoms with Gasteiger partial charge in [0.25, 0.3) is 0 Å². The maximum Gasteiger partial charge on any atom is 0.225 e. The molecule has 1 N–H and O–H groups in total. The number of nitrogens with zero attached hydrogens (tertiary/aromatic N) is 3. The van der Waals surface area contributed by atoms with Crippen LogP contribution in [0.3, 0.4) is 0 Å². The van der Waals surface area contributed by atoms with Crippen LogP contribution < -0.4 is 10.2 Å². The number of nitrogens with one attached hydrogen (secondary N) is 1. The summed E-state index contributed by atoms with van der Waals surface area (Å²) in [5.41, 5.74) is 1.02. The number of piperazine rings is 1. The highest BCUT2D eigenvalue weighted by Crippen LogP contribution is 2.15. The number of para-hydroxylation sites is 1. The van der Waals surface area contributed by atoms with Crippen molar-refractivity contribution in [2.75, 3.05) is 24.5 Å². The van der Waals surface area contributed by atoms with Crippen molar-refractivity contribution in [2.24, 2.45) is 0 Å². The Morgan fingerprint density at radius 2 is 2.24 bits per heavy atom. The van der Waals surface area contributed by atoms with E-state index in [1.807, 2.05) is 30.5 Å². The number of anilines is 1. The van der Waals surface area contributed by atoms with Crippen LogP contribution in [-0.4, -0.2) is 35.6 Å². The summed E-state index contributed by atoms with van der Waals surface area (Å²) in [5, 5.41) is 4.52. The van der Waals surface area contributed by atoms with Crippen LogP contribution in [0.15, 0.2) is 30.5 Å². The Labute approximate surface area is 101 Å². The number of fused-ring (bicyclic) bond motifs is 1. The van der Waals surface area contributed by atoms with E-state index in [2.05, 4.69) is 27.1 Å². The molecule has 4 heteroatoms. The first-order chi connectivity index (χ1) is 8.33. The summed E-state index contributed by atoms with van der Waals surface area (Å²) < 4.78 is 0. The smallest absolute Gasteiger partial charge is 0.225 e. The normalized spacial score (nSPS) is 20.8. The van der Waals surface area contributed by atoms with E-state index in [0.717, 1.165) is 36.5 Å². The largest absolute Gasteiger partial charge is 0.338 e. The van der Waals surface area contributed by atoms with Crippen LogP contribution in [-0.2, 0) is 0 Å². The molecule has 0 saturated carbocycles. The fraction of sp³-hybridized carbons (Fsp3) is 0.385. The summed E-state index contributed by atoms with van der Waals surface area (Å²) in [7, 11) is 0. The van der Waals surface area contributed by atoms with Crippen LogP contribution in [0.4, 0.5) is 5.95 Å². The zero-order valence-corrected chi connectivity index (χ0v) is 9.93. The standard InChI is InChI=1S/C13H16N4/c1-10-9-17(7-6-14-10)13-15-8-11-4-2-3-5-12(11)16-13/h2-5,8,10,14H,6-7,9H2,1H3/t10-/m0/s1. The SMILES string of the molecule is C[C@H]1CN(c2ncc3ccccc3n2)CCN1. The second-order valence-electron chi connectivity index (χ2n) is 4.53. The van der Waals surface area contributed by atoms with Gasteiger partial charge < -0.3 is 10.2 Å². The van der Waals surface area contributed by atoms with E-state index in [4.69, 9.17) is 0 Å². The molecule has 1 aliphatic rings. The Morgan fingerprint density at radius 3 is 3.12 bits per heavy atom. The van der Waals surface area contributed by atoms with Crippen molar-refractivity contribution in [2.45, 2.75) is 13.0 Å². The molecule has 1 aromatic carbocycles. The van der Waals surface area contributed by atoms with Gasteiger partial charge in [-0.1, -0.05) is 18.2 Å². The third-order valence-electron chi connectivity index (χ3n) is 3.13. The molecule has 1 saturated heterocycles. The molecule has 3 rings (SSSR count). The fourth-order valence-corrected chi connectivity index (χ4v) is 2.23. The van der Waals surface area contributed by atoms with Gasteiger partial charge in [-0.05, 0) is 13.0 Å². The van der Waals surface area contributed by atoms with Gasteiger partial charge in [-0.15, -0.1) is 0 Å². The van der Waals surface area contributed by atoms with Gasteiger partial charge >= 0.3 is 0 Å². The monoisotopic (exact) mass is 228 g/mol. The minimum Gasteiger partial charge on any atom is -0.338 e. The second-order valence-corrected chi connectivity index (χ2v) is 4.53. The summed E-state index contributed by atoms with van der Waals surface area (Å²) in [6, 6.07) is 8.60. The highest BCUT2D eigenvalue weighted by atomic mass is 15.3. The van der Waals surface area contributed by atoms with E-state index in [1.54, 1.807) is 0 Å². The van der Waals surface area contributed by atoms with Gasteiger partial charge in [0, 0.05) is 37.3 Å². The molecule has 17 heavy (non-hydrogen) atoms. The molecule has 0 aliphatic carbocycles. The molecule has 1 aliphatic heterocycles. The highest BCUT2D eigenvalue weighted by molar-refractivity contribution is 5.78. The van der Waals surface area contributed by atoms with Crippen LogP contribution in [0.2, 0.25) is 0 Å². The van der Waals surface area contributed by atoms with Gasteiger partial charge in [0.15, 0.2) is 0 Å². The lowest BCUT2D eigenvalue weighted by Gasteiger charge is -2.31. The minimum absolute atomic E-state index is 0.499. The van der Waals surface area contributed by atoms with Crippen LogP contribution in [0.5, 0.6) is 0 Å². The van der Waals surface area contributed by atoms with Gasteiger partial charge in [0.05, 0.1) is 5.52 Å². The molecule has 2 aromatic rings. The van der Waals surface area contributed by atoms with Crippen molar-refractivity contribution in [3.05, 3.63) is 30.5 Å². The Morgan fingerprint density at radius 1 is 1.35 bits per heavy atom. The first kappa shape index (κ1) is 10.5. The maximum atomic E-state index is 4.62. The molecular weight excluding hydrogens is 212 g/mol. The molecule has 0 unspecified atom stereocenters. The third-order valence-corrected chi connectivity index (χ3v) is 3.13. The van der Waals surface area contributed by atoms with E-state index in [1.165, 1.54) is 0 Å². The lowest BCUT2D eigenvalue weighted by Crippen LogP contribution is -2.49. The lowest BCUT2D eigenvalue weighted by molar-refractivity contribution is 0.480. The maximum absolute atomic E-state index is 4.62. The molecule has 1 aromatic heterocycles. The van der Waals surface area contributed by atoms with Gasteiger partial charge in [0.1, 0.15) is 0 Å². The molecule has 88 valence electrons. The minimum atomic E-state index is 0.499. The van der Waals surface area contributed by atoms with Crippen molar-refractivity contribution in [1.82, 2.24) is 15.3 Å². The Hall–Kier alpha value is -1.68. The first-order valence-corrected chi connectivity index (χ1v) is 6.03. The molecule has 2 heterocycles. The summed E-state index contributed by atoms with van der Waals surface area (Å²) in [6.07, 6.45) is 1.91. The summed E-state index contributed by atoms with van der Waals surface area (Å²) in [6.45, 7) is 5.13. The molecule has 4 nitrogen and oxygen atoms in total. The van der Waals surface area contributed by atoms with Gasteiger partial charge in [-0.25, -0.2) is 9.97 Å². The van der Waals surface area contributed by atoms with E-state index in [0.29, 0.717) is 6.04 Å². The van der Waals surface area contributed by atoms with Crippen LogP contribution in [0, 0.1) is 0 Å². The van der Waals surface area contributed by atoms with Crippen LogP contribution >= 0.6 is 0 Å². The average Bonchev–Trinajstić information content (AvgIpc) is 2.38. The molecule has 0 bridgehead atoms. The second kappa shape index (κ2) is 4.30. The quantitative estimate of drug-likeness (QED) is 0.801. The van der Waals surface area contributed by atoms with Gasteiger partial charge in [0.2, 0.25) is 5.95 Å². The average molecular weight is 228 g/mol. The Kier molecular flexibility index (Phi) is 2.65. The molecule has 0 amide bonds. The van der Waals surface area contributed by atoms with Crippen molar-refractivity contribution < 1.29 is 0 Å². The predicted octanol–water partition coefficient (Wildman–Crippen LogP) is 1.43. The third kappa shape index (κ3) is 2.08. The summed E-state index contributed by atoms with van der Waals surface area (Å²) in [5.74, 6) is 0.844. The molecule has 1 atom stereocenters. The summed E-state index contributed by atoms with van der Waals surface area (Å²) in [4.78, 5) is 11.3. The highest BCUT2D eigenvalue weighted by Gasteiger charge is 2.17.